The number of aryl methyl sites for hydroxylation is 1. The molecule has 37 heavy (non-hydrogen) atoms. The molecule has 2 aromatic carbocycles. The molecule has 194 valence electrons. The summed E-state index contributed by atoms with van der Waals surface area (Å²) in [6.07, 6.45) is 0.617. The largest absolute Gasteiger partial charge is 0.489 e. The van der Waals surface area contributed by atoms with E-state index in [9.17, 15) is 14.7 Å². The fourth-order valence-corrected chi connectivity index (χ4v) is 3.62. The van der Waals surface area contributed by atoms with Gasteiger partial charge in [0.1, 0.15) is 12.4 Å². The number of fused-ring (bicyclic) bond motifs is 1. The normalized spacial score (nSPS) is 12.5. The Balaban J connectivity index is 1.50. The third-order valence-corrected chi connectivity index (χ3v) is 5.53. The van der Waals surface area contributed by atoms with Gasteiger partial charge in [-0.25, -0.2) is 10.2 Å². The number of nitrogens with one attached hydrogen (secondary N) is 2. The van der Waals surface area contributed by atoms with Crippen LogP contribution in [0, 0.1) is 0 Å². The van der Waals surface area contributed by atoms with Gasteiger partial charge in [-0.15, -0.1) is 0 Å². The number of hydrogen-bond donors (Lipinski definition) is 3. The van der Waals surface area contributed by atoms with Crippen molar-refractivity contribution in [2.45, 2.75) is 39.2 Å². The summed E-state index contributed by atoms with van der Waals surface area (Å²) in [6, 6.07) is 17.3. The molecule has 4 aromatic rings. The molecule has 0 saturated heterocycles. The van der Waals surface area contributed by atoms with Gasteiger partial charge < -0.3 is 19.1 Å². The van der Waals surface area contributed by atoms with Crippen LogP contribution < -0.4 is 21.4 Å². The van der Waals surface area contributed by atoms with Gasteiger partial charge >= 0.3 is 5.69 Å². The lowest BCUT2D eigenvalue weighted by Gasteiger charge is -2.15. The second-order valence-corrected chi connectivity index (χ2v) is 8.79. The van der Waals surface area contributed by atoms with Gasteiger partial charge in [0, 0.05) is 7.05 Å². The lowest BCUT2D eigenvalue weighted by atomic mass is 10.2. The quantitative estimate of drug-likeness (QED) is 0.210. The third kappa shape index (κ3) is 6.51. The zero-order valence-corrected chi connectivity index (χ0v) is 20.9. The summed E-state index contributed by atoms with van der Waals surface area (Å²) in [5.74, 6) is 0.929. The molecule has 4 rings (SSSR count). The molecule has 0 radical (unpaired) electrons. The number of benzene rings is 2. The molecule has 0 spiro atoms. The highest BCUT2D eigenvalue weighted by Crippen LogP contribution is 2.17. The van der Waals surface area contributed by atoms with E-state index in [1.54, 1.807) is 6.21 Å². The molecule has 0 aliphatic carbocycles. The van der Waals surface area contributed by atoms with Crippen molar-refractivity contribution >= 4 is 23.3 Å². The average molecular weight is 507 g/mol. The van der Waals surface area contributed by atoms with Crippen LogP contribution in [0.25, 0.3) is 11.2 Å². The predicted molar refractivity (Wildman–Crippen MR) is 141 cm³/mol. The third-order valence-electron chi connectivity index (χ3n) is 5.53. The molecule has 0 amide bonds. The predicted octanol–water partition coefficient (Wildman–Crippen LogP) is 2.23. The second-order valence-electron chi connectivity index (χ2n) is 8.79. The van der Waals surface area contributed by atoms with Crippen LogP contribution in [0.3, 0.4) is 0 Å². The number of aliphatic hydroxyl groups excluding tert-OH is 1. The molecule has 0 aliphatic heterocycles. The molecule has 3 N–H and O–H groups in total. The summed E-state index contributed by atoms with van der Waals surface area (Å²) < 4.78 is 14.0. The van der Waals surface area contributed by atoms with Gasteiger partial charge in [-0.3, -0.25) is 14.3 Å². The fourth-order valence-electron chi connectivity index (χ4n) is 3.62. The van der Waals surface area contributed by atoms with Gasteiger partial charge in [-0.05, 0) is 49.2 Å². The Bertz CT molecular complexity index is 1470. The van der Waals surface area contributed by atoms with Gasteiger partial charge in [0.25, 0.3) is 5.56 Å². The molecule has 0 aliphatic rings. The summed E-state index contributed by atoms with van der Waals surface area (Å²) in [4.78, 5) is 31.3. The van der Waals surface area contributed by atoms with Crippen molar-refractivity contribution < 1.29 is 14.6 Å². The van der Waals surface area contributed by atoms with Crippen LogP contribution >= 0.6 is 0 Å². The van der Waals surface area contributed by atoms with Gasteiger partial charge in [0.2, 0.25) is 5.95 Å². The van der Waals surface area contributed by atoms with Crippen molar-refractivity contribution in [1.82, 2.24) is 19.1 Å². The van der Waals surface area contributed by atoms with Crippen LogP contribution in [0.1, 0.15) is 25.0 Å². The number of H-pyrrole nitrogens is 1. The van der Waals surface area contributed by atoms with Gasteiger partial charge in [0.15, 0.2) is 11.2 Å². The highest BCUT2D eigenvalue weighted by atomic mass is 16.5. The van der Waals surface area contributed by atoms with Crippen LogP contribution in [-0.4, -0.2) is 49.2 Å². The highest BCUT2D eigenvalue weighted by molar-refractivity contribution is 5.80. The highest BCUT2D eigenvalue weighted by Gasteiger charge is 2.19. The van der Waals surface area contributed by atoms with E-state index in [2.05, 4.69) is 20.5 Å². The standard InChI is InChI=1S/C26H30N6O5/c1-17(2)36-16-20(33)14-32-22-23(31(3)26(35)29-24(22)34)28-25(32)30-27-13-18-9-11-21(12-10-18)37-15-19-7-5-4-6-8-19/h4-13,17,20,33H,14-16H2,1-3H3,(H,28,30)(H,29,34,35)/b27-13-/t20-/m0/s1. The number of hydrogen-bond acceptors (Lipinski definition) is 8. The Morgan fingerprint density at radius 3 is 2.57 bits per heavy atom. The SMILES string of the molecule is CC(C)OC[C@@H](O)Cn1c(N/N=C\c2ccc(OCc3ccccc3)cc2)nc2c1c(=O)[nH]c(=O)n2C. The molecule has 0 bridgehead atoms. The molecule has 0 saturated carbocycles. The van der Waals surface area contributed by atoms with Crippen molar-refractivity contribution in [2.24, 2.45) is 12.1 Å². The van der Waals surface area contributed by atoms with E-state index in [4.69, 9.17) is 9.47 Å². The van der Waals surface area contributed by atoms with Crippen molar-refractivity contribution in [3.63, 3.8) is 0 Å². The smallest absolute Gasteiger partial charge is 0.329 e. The van der Waals surface area contributed by atoms with Gasteiger partial charge in [-0.1, -0.05) is 30.3 Å². The Morgan fingerprint density at radius 1 is 1.14 bits per heavy atom. The van der Waals surface area contributed by atoms with Crippen LogP contribution in [0.15, 0.2) is 69.3 Å². The lowest BCUT2D eigenvalue weighted by Crippen LogP contribution is -2.30. The minimum Gasteiger partial charge on any atom is -0.489 e. The van der Waals surface area contributed by atoms with E-state index < -0.39 is 17.4 Å². The Kier molecular flexibility index (Phi) is 8.16. The van der Waals surface area contributed by atoms with Crippen LogP contribution in [0.2, 0.25) is 0 Å². The maximum absolute atomic E-state index is 12.6. The fraction of sp³-hybridized carbons (Fsp3) is 0.308. The van der Waals surface area contributed by atoms with Crippen LogP contribution in [-0.2, 0) is 24.9 Å². The van der Waals surface area contributed by atoms with E-state index in [-0.39, 0.29) is 36.4 Å². The Morgan fingerprint density at radius 2 is 1.86 bits per heavy atom. The van der Waals surface area contributed by atoms with Gasteiger partial charge in [0.05, 0.1) is 31.6 Å². The summed E-state index contributed by atoms with van der Waals surface area (Å²) >= 11 is 0. The number of aromatic nitrogens is 4. The first-order valence-corrected chi connectivity index (χ1v) is 11.9. The average Bonchev–Trinajstić information content (AvgIpc) is 3.25. The van der Waals surface area contributed by atoms with Crippen LogP contribution in [0.5, 0.6) is 5.75 Å². The number of ether oxygens (including phenoxy) is 2. The van der Waals surface area contributed by atoms with Gasteiger partial charge in [-0.2, -0.15) is 10.1 Å². The minimum atomic E-state index is -0.913. The molecule has 2 aromatic heterocycles. The number of rotatable bonds is 11. The van der Waals surface area contributed by atoms with E-state index in [1.807, 2.05) is 68.4 Å². The Hall–Kier alpha value is -4.22. The molecular formula is C26H30N6O5. The number of hydrazone groups is 1. The molecule has 0 fully saturated rings. The lowest BCUT2D eigenvalue weighted by molar-refractivity contribution is -0.000105. The number of imidazole rings is 1. The Labute approximate surface area is 213 Å². The maximum Gasteiger partial charge on any atom is 0.329 e. The van der Waals surface area contributed by atoms with E-state index in [0.717, 1.165) is 16.9 Å². The summed E-state index contributed by atoms with van der Waals surface area (Å²) in [5.41, 5.74) is 3.83. The first kappa shape index (κ1) is 25.9. The topological polar surface area (TPSA) is 136 Å². The molecule has 2 heterocycles. The summed E-state index contributed by atoms with van der Waals surface area (Å²) in [7, 11) is 1.50. The first-order valence-electron chi connectivity index (χ1n) is 11.9. The molecule has 11 nitrogen and oxygen atoms in total. The van der Waals surface area contributed by atoms with Crippen molar-refractivity contribution in [1.29, 1.82) is 0 Å². The maximum atomic E-state index is 12.6. The summed E-state index contributed by atoms with van der Waals surface area (Å²) in [6.45, 7) is 4.28. The van der Waals surface area contributed by atoms with E-state index in [1.165, 1.54) is 16.2 Å². The van der Waals surface area contributed by atoms with Crippen molar-refractivity contribution in [2.75, 3.05) is 12.0 Å². The molecule has 0 unspecified atom stereocenters. The van der Waals surface area contributed by atoms with Crippen molar-refractivity contribution in [3.05, 3.63) is 86.6 Å². The second kappa shape index (κ2) is 11.7. The molecular weight excluding hydrogens is 476 g/mol. The first-order chi connectivity index (χ1) is 17.8. The monoisotopic (exact) mass is 506 g/mol. The van der Waals surface area contributed by atoms with Crippen LogP contribution in [0.4, 0.5) is 5.95 Å². The zero-order chi connectivity index (χ0) is 26.4. The number of nitrogens with zero attached hydrogens (tertiary/aromatic N) is 4. The van der Waals surface area contributed by atoms with Crippen molar-refractivity contribution in [3.8, 4) is 5.75 Å². The molecule has 1 atom stereocenters. The number of aromatic amines is 1. The minimum absolute atomic E-state index is 0.00973. The molecule has 11 heteroatoms. The number of aliphatic hydroxyl groups is 1. The summed E-state index contributed by atoms with van der Waals surface area (Å²) in [5, 5.41) is 14.7. The number of anilines is 1. The van der Waals surface area contributed by atoms with E-state index >= 15 is 0 Å². The van der Waals surface area contributed by atoms with E-state index in [0.29, 0.717) is 6.61 Å². The zero-order valence-electron chi connectivity index (χ0n) is 20.9.